The number of hydrogen-bond donors (Lipinski definition) is 1. The lowest BCUT2D eigenvalue weighted by molar-refractivity contribution is -0.136. The van der Waals surface area contributed by atoms with Gasteiger partial charge in [0, 0.05) is 6.42 Å². The maximum Gasteiger partial charge on any atom is 0.303 e. The molecule has 5 nitrogen and oxygen atoms in total. The molecular weight excluding hydrogens is 253 g/mol. The topological polar surface area (TPSA) is 72.6 Å². The van der Waals surface area contributed by atoms with Crippen molar-refractivity contribution in [2.24, 2.45) is 0 Å². The van der Waals surface area contributed by atoms with Crippen molar-refractivity contribution in [2.45, 2.75) is 19.4 Å². The third-order valence-electron chi connectivity index (χ3n) is 2.38. The van der Waals surface area contributed by atoms with Gasteiger partial charge in [-0.15, -0.1) is 0 Å². The summed E-state index contributed by atoms with van der Waals surface area (Å²) in [6.45, 7) is -0.00595. The number of aliphatic carboxylic acids is 1. The summed E-state index contributed by atoms with van der Waals surface area (Å²) >= 11 is 0. The van der Waals surface area contributed by atoms with E-state index in [0.717, 1.165) is 0 Å². The predicted molar refractivity (Wildman–Crippen MR) is 63.2 cm³/mol. The standard InChI is InChI=1S/C13H12FNO4/c14-10-3-1-2-4-11(10)18-8-12-15-9(7-19-12)5-6-13(16)17/h1-4,7H,5-6,8H2,(H,16,17). The van der Waals surface area contributed by atoms with E-state index in [1.54, 1.807) is 12.1 Å². The van der Waals surface area contributed by atoms with Gasteiger partial charge in [-0.25, -0.2) is 9.37 Å². The minimum atomic E-state index is -0.896. The van der Waals surface area contributed by atoms with E-state index in [1.807, 2.05) is 0 Å². The molecule has 1 N–H and O–H groups in total. The van der Waals surface area contributed by atoms with Gasteiger partial charge < -0.3 is 14.3 Å². The summed E-state index contributed by atoms with van der Waals surface area (Å²) < 4.78 is 23.6. The molecular formula is C13H12FNO4. The lowest BCUT2D eigenvalue weighted by Gasteiger charge is -2.03. The molecule has 0 saturated carbocycles. The van der Waals surface area contributed by atoms with Crippen LogP contribution in [0.15, 0.2) is 34.9 Å². The summed E-state index contributed by atoms with van der Waals surface area (Å²) in [7, 11) is 0. The highest BCUT2D eigenvalue weighted by Gasteiger charge is 2.08. The van der Waals surface area contributed by atoms with Gasteiger partial charge in [-0.2, -0.15) is 0 Å². The van der Waals surface area contributed by atoms with E-state index >= 15 is 0 Å². The van der Waals surface area contributed by atoms with Crippen LogP contribution in [0.3, 0.4) is 0 Å². The fourth-order valence-electron chi connectivity index (χ4n) is 1.47. The highest BCUT2D eigenvalue weighted by molar-refractivity contribution is 5.66. The normalized spacial score (nSPS) is 10.4. The first-order chi connectivity index (χ1) is 9.15. The van der Waals surface area contributed by atoms with Gasteiger partial charge in [-0.3, -0.25) is 4.79 Å². The van der Waals surface area contributed by atoms with E-state index in [1.165, 1.54) is 18.4 Å². The molecule has 0 bridgehead atoms. The van der Waals surface area contributed by atoms with Gasteiger partial charge in [-0.1, -0.05) is 12.1 Å². The number of rotatable bonds is 6. The Morgan fingerprint density at radius 1 is 1.42 bits per heavy atom. The Hall–Kier alpha value is -2.37. The van der Waals surface area contributed by atoms with Gasteiger partial charge in [0.25, 0.3) is 0 Å². The molecule has 19 heavy (non-hydrogen) atoms. The summed E-state index contributed by atoms with van der Waals surface area (Å²) in [6, 6.07) is 6.02. The lowest BCUT2D eigenvalue weighted by Crippen LogP contribution is -1.99. The van der Waals surface area contributed by atoms with Crippen LogP contribution in [-0.4, -0.2) is 16.1 Å². The summed E-state index contributed by atoms with van der Waals surface area (Å²) in [6.07, 6.45) is 1.65. The van der Waals surface area contributed by atoms with Crippen LogP contribution >= 0.6 is 0 Å². The van der Waals surface area contributed by atoms with Crippen LogP contribution in [0, 0.1) is 5.82 Å². The summed E-state index contributed by atoms with van der Waals surface area (Å²) in [5.41, 5.74) is 0.537. The molecule has 0 aliphatic heterocycles. The molecule has 1 aromatic heterocycles. The highest BCUT2D eigenvalue weighted by Crippen LogP contribution is 2.17. The quantitative estimate of drug-likeness (QED) is 0.868. The number of nitrogens with zero attached hydrogens (tertiary/aromatic N) is 1. The lowest BCUT2D eigenvalue weighted by atomic mass is 10.2. The van der Waals surface area contributed by atoms with Gasteiger partial charge >= 0.3 is 5.97 Å². The van der Waals surface area contributed by atoms with Crippen LogP contribution in [0.5, 0.6) is 5.75 Å². The summed E-state index contributed by atoms with van der Waals surface area (Å²) in [4.78, 5) is 14.5. The Morgan fingerprint density at radius 2 is 2.21 bits per heavy atom. The molecule has 100 valence electrons. The van der Waals surface area contributed by atoms with E-state index in [-0.39, 0.29) is 24.7 Å². The third kappa shape index (κ3) is 3.80. The second-order valence-corrected chi connectivity index (χ2v) is 3.85. The molecule has 0 atom stereocenters. The Kier molecular flexibility index (Phi) is 4.12. The number of benzene rings is 1. The Bertz CT molecular complexity index is 567. The monoisotopic (exact) mass is 265 g/mol. The Balaban J connectivity index is 1.90. The van der Waals surface area contributed by atoms with Crippen molar-refractivity contribution in [2.75, 3.05) is 0 Å². The number of aromatic nitrogens is 1. The second-order valence-electron chi connectivity index (χ2n) is 3.85. The molecule has 0 aliphatic rings. The molecule has 2 aromatic rings. The number of ether oxygens (including phenoxy) is 1. The molecule has 1 heterocycles. The van der Waals surface area contributed by atoms with Gasteiger partial charge in [0.15, 0.2) is 18.2 Å². The zero-order valence-corrected chi connectivity index (χ0v) is 10.0. The molecule has 0 spiro atoms. The minimum Gasteiger partial charge on any atom is -0.481 e. The smallest absolute Gasteiger partial charge is 0.303 e. The number of oxazole rings is 1. The van der Waals surface area contributed by atoms with Crippen molar-refractivity contribution in [3.8, 4) is 5.75 Å². The summed E-state index contributed by atoms with van der Waals surface area (Å²) in [5.74, 6) is -0.955. The largest absolute Gasteiger partial charge is 0.481 e. The van der Waals surface area contributed by atoms with Crippen molar-refractivity contribution in [1.29, 1.82) is 0 Å². The van der Waals surface area contributed by atoms with E-state index < -0.39 is 11.8 Å². The van der Waals surface area contributed by atoms with Gasteiger partial charge in [0.1, 0.15) is 6.26 Å². The highest BCUT2D eigenvalue weighted by atomic mass is 19.1. The first-order valence-electron chi connectivity index (χ1n) is 5.67. The number of aryl methyl sites for hydroxylation is 1. The molecule has 6 heteroatoms. The Labute approximate surface area is 108 Å². The molecule has 0 fully saturated rings. The van der Waals surface area contributed by atoms with Crippen molar-refractivity contribution in [3.05, 3.63) is 47.9 Å². The molecule has 0 amide bonds. The number of para-hydroxylation sites is 1. The number of carboxylic acids is 1. The van der Waals surface area contributed by atoms with Crippen molar-refractivity contribution >= 4 is 5.97 Å². The average Bonchev–Trinajstić information content (AvgIpc) is 2.83. The third-order valence-corrected chi connectivity index (χ3v) is 2.38. The SMILES string of the molecule is O=C(O)CCc1coc(COc2ccccc2F)n1. The van der Waals surface area contributed by atoms with Crippen LogP contribution in [0.1, 0.15) is 18.0 Å². The van der Waals surface area contributed by atoms with Gasteiger partial charge in [0.2, 0.25) is 5.89 Å². The molecule has 0 saturated heterocycles. The second kappa shape index (κ2) is 5.99. The van der Waals surface area contributed by atoms with Crippen LogP contribution in [0.4, 0.5) is 4.39 Å². The number of hydrogen-bond acceptors (Lipinski definition) is 4. The van der Waals surface area contributed by atoms with Crippen molar-refractivity contribution < 1.29 is 23.4 Å². The Morgan fingerprint density at radius 3 is 2.95 bits per heavy atom. The van der Waals surface area contributed by atoms with Gasteiger partial charge in [-0.05, 0) is 12.1 Å². The van der Waals surface area contributed by atoms with Crippen LogP contribution in [0.25, 0.3) is 0 Å². The zero-order chi connectivity index (χ0) is 13.7. The molecule has 0 radical (unpaired) electrons. The first-order valence-corrected chi connectivity index (χ1v) is 5.67. The number of carbonyl (C=O) groups is 1. The predicted octanol–water partition coefficient (Wildman–Crippen LogP) is 2.41. The maximum absolute atomic E-state index is 13.3. The van der Waals surface area contributed by atoms with E-state index in [9.17, 15) is 9.18 Å². The molecule has 0 aliphatic carbocycles. The van der Waals surface area contributed by atoms with Crippen molar-refractivity contribution in [1.82, 2.24) is 4.98 Å². The average molecular weight is 265 g/mol. The van der Waals surface area contributed by atoms with Crippen LogP contribution in [0.2, 0.25) is 0 Å². The van der Waals surface area contributed by atoms with Crippen molar-refractivity contribution in [3.63, 3.8) is 0 Å². The summed E-state index contributed by atoms with van der Waals surface area (Å²) in [5, 5.41) is 8.54. The first kappa shape index (κ1) is 13.1. The van der Waals surface area contributed by atoms with Crippen LogP contribution < -0.4 is 4.74 Å². The molecule has 0 unspecified atom stereocenters. The van der Waals surface area contributed by atoms with E-state index in [0.29, 0.717) is 12.1 Å². The van der Waals surface area contributed by atoms with E-state index in [4.69, 9.17) is 14.3 Å². The van der Waals surface area contributed by atoms with Gasteiger partial charge in [0.05, 0.1) is 12.1 Å². The van der Waals surface area contributed by atoms with E-state index in [2.05, 4.69) is 4.98 Å². The number of halogens is 1. The molecule has 2 rings (SSSR count). The zero-order valence-electron chi connectivity index (χ0n) is 10.0. The minimum absolute atomic E-state index is 0.00595. The molecule has 1 aromatic carbocycles. The fraction of sp³-hybridized carbons (Fsp3) is 0.231. The maximum atomic E-state index is 13.3. The van der Waals surface area contributed by atoms with Crippen LogP contribution in [-0.2, 0) is 17.8 Å². The fourth-order valence-corrected chi connectivity index (χ4v) is 1.47. The number of carboxylic acid groups (broad SMARTS) is 1.